The van der Waals surface area contributed by atoms with E-state index < -0.39 is 0 Å². The van der Waals surface area contributed by atoms with Crippen LogP contribution in [0.2, 0.25) is 0 Å². The number of amidine groups is 1. The summed E-state index contributed by atoms with van der Waals surface area (Å²) in [4.78, 5) is 21.3. The summed E-state index contributed by atoms with van der Waals surface area (Å²) in [6.45, 7) is 6.34. The lowest BCUT2D eigenvalue weighted by Crippen LogP contribution is -2.22. The molecule has 1 saturated carbocycles. The maximum Gasteiger partial charge on any atom is 0.250 e. The smallest absolute Gasteiger partial charge is 0.250 e. The van der Waals surface area contributed by atoms with Gasteiger partial charge in [0, 0.05) is 23.5 Å². The molecule has 0 bridgehead atoms. The second-order valence-corrected chi connectivity index (χ2v) is 7.01. The third kappa shape index (κ3) is 4.79. The molecule has 2 N–H and O–H groups in total. The van der Waals surface area contributed by atoms with E-state index in [2.05, 4.69) is 30.7 Å². The highest BCUT2D eigenvalue weighted by atomic mass is 16.5. The second-order valence-electron chi connectivity index (χ2n) is 7.01. The molecule has 1 unspecified atom stereocenters. The van der Waals surface area contributed by atoms with Crippen molar-refractivity contribution in [2.24, 2.45) is 22.6 Å². The number of aliphatic imine (C=N–C) groups is 1. The normalized spacial score (nSPS) is 16.3. The maximum absolute atomic E-state index is 12.6. The van der Waals surface area contributed by atoms with Gasteiger partial charge in [0.25, 0.3) is 5.91 Å². The van der Waals surface area contributed by atoms with E-state index in [1.807, 2.05) is 6.07 Å². The minimum Gasteiger partial charge on any atom is -0.481 e. The number of amides is 1. The van der Waals surface area contributed by atoms with Crippen LogP contribution >= 0.6 is 0 Å². The summed E-state index contributed by atoms with van der Waals surface area (Å²) in [6.07, 6.45) is 4.86. The fraction of sp³-hybridized carbons (Fsp3) is 0.632. The highest BCUT2D eigenvalue weighted by Gasteiger charge is 2.29. The molecule has 132 valence electrons. The zero-order valence-electron chi connectivity index (χ0n) is 15.2. The van der Waals surface area contributed by atoms with E-state index in [1.165, 1.54) is 0 Å². The van der Waals surface area contributed by atoms with Crippen molar-refractivity contribution in [3.63, 3.8) is 0 Å². The molecule has 1 atom stereocenters. The van der Waals surface area contributed by atoms with E-state index in [0.717, 1.165) is 43.4 Å². The first-order valence-corrected chi connectivity index (χ1v) is 8.89. The minimum atomic E-state index is -0.111. The lowest BCUT2D eigenvalue weighted by Gasteiger charge is -2.15. The third-order valence-corrected chi connectivity index (χ3v) is 4.32. The van der Waals surface area contributed by atoms with Crippen LogP contribution in [0.1, 0.15) is 70.1 Å². The van der Waals surface area contributed by atoms with Crippen LogP contribution in [0.25, 0.3) is 0 Å². The number of hydrogen-bond donors (Lipinski definition) is 1. The molecule has 2 rings (SSSR count). The van der Waals surface area contributed by atoms with Gasteiger partial charge >= 0.3 is 0 Å². The number of pyridine rings is 1. The van der Waals surface area contributed by atoms with Crippen molar-refractivity contribution < 1.29 is 9.53 Å². The van der Waals surface area contributed by atoms with E-state index in [0.29, 0.717) is 17.7 Å². The molecule has 5 nitrogen and oxygen atoms in total. The monoisotopic (exact) mass is 331 g/mol. The quantitative estimate of drug-likeness (QED) is 0.582. The zero-order chi connectivity index (χ0) is 17.7. The average Bonchev–Trinajstić information content (AvgIpc) is 3.38. The summed E-state index contributed by atoms with van der Waals surface area (Å²) in [5.74, 6) is 1.56. The fourth-order valence-corrected chi connectivity index (χ4v) is 2.98. The Bertz CT molecular complexity index is 607. The summed E-state index contributed by atoms with van der Waals surface area (Å²) in [7, 11) is 1.60. The van der Waals surface area contributed by atoms with Crippen LogP contribution < -0.4 is 10.5 Å². The molecule has 0 spiro atoms. The second kappa shape index (κ2) is 8.27. The van der Waals surface area contributed by atoms with E-state index >= 15 is 0 Å². The first-order chi connectivity index (χ1) is 11.5. The molecular weight excluding hydrogens is 302 g/mol. The number of aromatic nitrogens is 1. The molecular formula is C19H29N3O2. The van der Waals surface area contributed by atoms with Gasteiger partial charge in [0.2, 0.25) is 5.88 Å². The molecule has 1 aromatic rings. The molecule has 24 heavy (non-hydrogen) atoms. The number of nitrogens with two attached hydrogens (primary N) is 1. The highest BCUT2D eigenvalue weighted by Crippen LogP contribution is 2.41. The summed E-state index contributed by atoms with van der Waals surface area (Å²) < 4.78 is 5.20. The van der Waals surface area contributed by atoms with E-state index in [4.69, 9.17) is 10.5 Å². The van der Waals surface area contributed by atoms with Crippen LogP contribution in [0.4, 0.5) is 0 Å². The van der Waals surface area contributed by atoms with Crippen molar-refractivity contribution >= 4 is 11.7 Å². The summed E-state index contributed by atoms with van der Waals surface area (Å²) in [5.41, 5.74) is 7.84. The highest BCUT2D eigenvalue weighted by molar-refractivity contribution is 6.05. The molecule has 0 aliphatic heterocycles. The lowest BCUT2D eigenvalue weighted by molar-refractivity contribution is -0.122. The van der Waals surface area contributed by atoms with Crippen molar-refractivity contribution in [2.45, 2.75) is 58.8 Å². The number of ether oxygens (including phenoxy) is 1. The van der Waals surface area contributed by atoms with Gasteiger partial charge in [0.05, 0.1) is 12.8 Å². The molecule has 1 fully saturated rings. The average molecular weight is 331 g/mol. The lowest BCUT2D eigenvalue weighted by atomic mass is 9.92. The Morgan fingerprint density at radius 2 is 2.12 bits per heavy atom. The largest absolute Gasteiger partial charge is 0.481 e. The summed E-state index contributed by atoms with van der Waals surface area (Å²) in [5, 5.41) is 0. The first kappa shape index (κ1) is 18.4. The van der Waals surface area contributed by atoms with Gasteiger partial charge < -0.3 is 10.5 Å². The van der Waals surface area contributed by atoms with Crippen molar-refractivity contribution in [3.05, 3.63) is 23.4 Å². The van der Waals surface area contributed by atoms with Gasteiger partial charge in [0.1, 0.15) is 5.84 Å². The van der Waals surface area contributed by atoms with Gasteiger partial charge in [-0.05, 0) is 37.7 Å². The Hall–Kier alpha value is -1.91. The number of methoxy groups -OCH3 is 1. The Morgan fingerprint density at radius 3 is 2.67 bits per heavy atom. The third-order valence-electron chi connectivity index (χ3n) is 4.32. The van der Waals surface area contributed by atoms with Crippen molar-refractivity contribution in [3.8, 4) is 5.88 Å². The Kier molecular flexibility index (Phi) is 6.35. The van der Waals surface area contributed by atoms with Crippen LogP contribution in [-0.4, -0.2) is 23.8 Å². The summed E-state index contributed by atoms with van der Waals surface area (Å²) in [6, 6.07) is 3.63. The fourth-order valence-electron chi connectivity index (χ4n) is 2.98. The molecule has 0 saturated heterocycles. The first-order valence-electron chi connectivity index (χ1n) is 8.89. The summed E-state index contributed by atoms with van der Waals surface area (Å²) >= 11 is 0. The Morgan fingerprint density at radius 1 is 1.42 bits per heavy atom. The molecule has 1 aliphatic carbocycles. The predicted molar refractivity (Wildman–Crippen MR) is 96.3 cm³/mol. The molecule has 1 heterocycles. The van der Waals surface area contributed by atoms with E-state index in [1.54, 1.807) is 13.2 Å². The predicted octanol–water partition coefficient (Wildman–Crippen LogP) is 3.66. The Labute approximate surface area is 144 Å². The van der Waals surface area contributed by atoms with Crippen LogP contribution in [0.3, 0.4) is 0 Å². The van der Waals surface area contributed by atoms with Crippen molar-refractivity contribution in [1.29, 1.82) is 0 Å². The Balaban J connectivity index is 2.24. The molecule has 0 aromatic carbocycles. The van der Waals surface area contributed by atoms with Gasteiger partial charge in [-0.15, -0.1) is 0 Å². The topological polar surface area (TPSA) is 77.6 Å². The van der Waals surface area contributed by atoms with Gasteiger partial charge in [-0.25, -0.2) is 4.98 Å². The van der Waals surface area contributed by atoms with E-state index in [-0.39, 0.29) is 17.7 Å². The molecule has 1 aliphatic rings. The maximum atomic E-state index is 12.6. The number of carbonyl (C=O) groups is 1. The van der Waals surface area contributed by atoms with Crippen LogP contribution in [0, 0.1) is 11.8 Å². The van der Waals surface area contributed by atoms with Crippen molar-refractivity contribution in [1.82, 2.24) is 4.98 Å². The van der Waals surface area contributed by atoms with Crippen LogP contribution in [0.5, 0.6) is 5.88 Å². The molecule has 1 amide bonds. The van der Waals surface area contributed by atoms with Crippen LogP contribution in [0.15, 0.2) is 17.1 Å². The zero-order valence-corrected chi connectivity index (χ0v) is 15.2. The van der Waals surface area contributed by atoms with Gasteiger partial charge in [0.15, 0.2) is 0 Å². The number of nitrogens with zero attached hydrogens (tertiary/aromatic N) is 2. The number of rotatable bonds is 8. The molecule has 5 heteroatoms. The van der Waals surface area contributed by atoms with Gasteiger partial charge in [-0.3, -0.25) is 4.79 Å². The van der Waals surface area contributed by atoms with Gasteiger partial charge in [-0.2, -0.15) is 4.99 Å². The van der Waals surface area contributed by atoms with E-state index in [9.17, 15) is 4.79 Å². The standard InChI is InChI=1S/C19H29N3O2/c1-5-6-14(11-12(2)3)19(23)22-18(20)15-9-10-16(24-4)21-17(15)13-7-8-13/h9-10,12-14H,5-8,11H2,1-4H3,(H2,20,22,23). The molecule has 1 aromatic heterocycles. The molecule has 0 radical (unpaired) electrons. The number of hydrogen-bond acceptors (Lipinski definition) is 3. The SMILES string of the molecule is CCCC(CC(C)C)C(=O)N=C(N)c1ccc(OC)nc1C1CC1. The van der Waals surface area contributed by atoms with Crippen LogP contribution in [-0.2, 0) is 4.79 Å². The van der Waals surface area contributed by atoms with Gasteiger partial charge in [-0.1, -0.05) is 27.2 Å². The number of carbonyl (C=O) groups excluding carboxylic acids is 1. The minimum absolute atomic E-state index is 0.0517. The van der Waals surface area contributed by atoms with Crippen molar-refractivity contribution in [2.75, 3.05) is 7.11 Å².